The van der Waals surface area contributed by atoms with E-state index in [1.54, 1.807) is 38.7 Å². The third kappa shape index (κ3) is 4.98. The summed E-state index contributed by atoms with van der Waals surface area (Å²) in [6, 6.07) is 9.09. The van der Waals surface area contributed by atoms with E-state index < -0.39 is 0 Å². The van der Waals surface area contributed by atoms with Gasteiger partial charge in [-0.25, -0.2) is 0 Å². The number of methoxy groups -OCH3 is 2. The van der Waals surface area contributed by atoms with E-state index >= 15 is 0 Å². The van der Waals surface area contributed by atoms with Crippen molar-refractivity contribution in [2.75, 3.05) is 27.4 Å². The molecular formula is C23H23Cl2NO4. The van der Waals surface area contributed by atoms with Crippen LogP contribution in [0.3, 0.4) is 0 Å². The predicted octanol–water partition coefficient (Wildman–Crippen LogP) is 5.97. The number of ether oxygens (including phenoxy) is 2. The Labute approximate surface area is 185 Å². The predicted molar refractivity (Wildman–Crippen MR) is 121 cm³/mol. The number of amides is 1. The van der Waals surface area contributed by atoms with E-state index in [4.69, 9.17) is 37.1 Å². The fraction of sp³-hybridized carbons (Fsp3) is 0.261. The number of halogens is 2. The van der Waals surface area contributed by atoms with E-state index in [1.165, 1.54) is 0 Å². The molecule has 7 heteroatoms. The molecule has 0 saturated carbocycles. The summed E-state index contributed by atoms with van der Waals surface area (Å²) in [5.74, 6) is 0.449. The molecule has 0 aliphatic heterocycles. The summed E-state index contributed by atoms with van der Waals surface area (Å²) in [6.07, 6.45) is 3.97. The lowest BCUT2D eigenvalue weighted by Crippen LogP contribution is -2.23. The average Bonchev–Trinajstić information content (AvgIpc) is 3.13. The van der Waals surface area contributed by atoms with E-state index in [0.29, 0.717) is 34.5 Å². The molecule has 0 bridgehead atoms. The van der Waals surface area contributed by atoms with Gasteiger partial charge in [-0.2, -0.15) is 0 Å². The molecule has 1 amide bonds. The minimum Gasteiger partial charge on any atom is -0.496 e. The van der Waals surface area contributed by atoms with Gasteiger partial charge in [0.05, 0.1) is 18.4 Å². The Balaban J connectivity index is 1.98. The van der Waals surface area contributed by atoms with Crippen LogP contribution in [0.5, 0.6) is 5.75 Å². The second-order valence-electron chi connectivity index (χ2n) is 6.79. The fourth-order valence-corrected chi connectivity index (χ4v) is 3.71. The molecule has 1 heterocycles. The Morgan fingerprint density at radius 1 is 1.17 bits per heavy atom. The summed E-state index contributed by atoms with van der Waals surface area (Å²) >= 11 is 12.4. The maximum Gasteiger partial charge on any atom is 0.244 e. The van der Waals surface area contributed by atoms with Crippen molar-refractivity contribution in [2.45, 2.75) is 13.3 Å². The highest BCUT2D eigenvalue weighted by Gasteiger charge is 2.16. The van der Waals surface area contributed by atoms with Crippen LogP contribution in [-0.2, 0) is 9.53 Å². The first kappa shape index (κ1) is 22.2. The van der Waals surface area contributed by atoms with Gasteiger partial charge in [0.1, 0.15) is 11.3 Å². The highest BCUT2D eigenvalue weighted by atomic mass is 35.5. The fourth-order valence-electron chi connectivity index (χ4n) is 3.20. The van der Waals surface area contributed by atoms with Crippen LogP contribution in [0, 0.1) is 0 Å². The highest BCUT2D eigenvalue weighted by molar-refractivity contribution is 6.36. The van der Waals surface area contributed by atoms with E-state index in [-0.39, 0.29) is 5.91 Å². The highest BCUT2D eigenvalue weighted by Crippen LogP contribution is 2.40. The molecule has 1 N–H and O–H groups in total. The van der Waals surface area contributed by atoms with Crippen LogP contribution in [0.2, 0.25) is 10.0 Å². The van der Waals surface area contributed by atoms with Gasteiger partial charge >= 0.3 is 0 Å². The van der Waals surface area contributed by atoms with Crippen molar-refractivity contribution in [2.24, 2.45) is 0 Å². The van der Waals surface area contributed by atoms with Gasteiger partial charge in [0.15, 0.2) is 0 Å². The summed E-state index contributed by atoms with van der Waals surface area (Å²) in [6.45, 7) is 3.02. The van der Waals surface area contributed by atoms with E-state index in [9.17, 15) is 4.79 Å². The van der Waals surface area contributed by atoms with Gasteiger partial charge in [-0.1, -0.05) is 29.3 Å². The molecule has 0 saturated heterocycles. The second-order valence-corrected chi connectivity index (χ2v) is 7.63. The van der Waals surface area contributed by atoms with Gasteiger partial charge in [-0.15, -0.1) is 0 Å². The van der Waals surface area contributed by atoms with Crippen molar-refractivity contribution >= 4 is 45.7 Å². The van der Waals surface area contributed by atoms with E-state index in [0.717, 1.165) is 34.1 Å². The zero-order valence-electron chi connectivity index (χ0n) is 17.1. The Bertz CT molecular complexity index is 1090. The number of carbonyl (C=O) groups excluding carboxylic acids is 1. The molecule has 1 aromatic heterocycles. The summed E-state index contributed by atoms with van der Waals surface area (Å²) in [4.78, 5) is 12.3. The molecule has 5 nitrogen and oxygen atoms in total. The second kappa shape index (κ2) is 10.0. The topological polar surface area (TPSA) is 60.7 Å². The lowest BCUT2D eigenvalue weighted by atomic mass is 9.99. The summed E-state index contributed by atoms with van der Waals surface area (Å²) in [5, 5.41) is 4.81. The normalized spacial score (nSPS) is 11.7. The Kier molecular flexibility index (Phi) is 7.43. The summed E-state index contributed by atoms with van der Waals surface area (Å²) in [5.41, 5.74) is 3.88. The maximum absolute atomic E-state index is 12.3. The largest absolute Gasteiger partial charge is 0.496 e. The van der Waals surface area contributed by atoms with Gasteiger partial charge in [0, 0.05) is 59.5 Å². The van der Waals surface area contributed by atoms with Gasteiger partial charge < -0.3 is 19.2 Å². The number of furan rings is 1. The van der Waals surface area contributed by atoms with Crippen molar-refractivity contribution in [3.8, 4) is 16.9 Å². The standard InChI is InChI=1S/C23H23Cl2NO4/c1-14(9-23(27)26-7-4-8-28-2)17-11-18-19(13-30-22(18)12-21(17)29-3)16-6-5-15(24)10-20(16)25/h5-6,9-13H,4,7-8H2,1-3H3,(H,26,27)/b14-9+. The number of allylic oxidation sites excluding steroid dienone is 1. The minimum atomic E-state index is -0.168. The Morgan fingerprint density at radius 2 is 1.97 bits per heavy atom. The summed E-state index contributed by atoms with van der Waals surface area (Å²) < 4.78 is 16.3. The first-order valence-electron chi connectivity index (χ1n) is 9.44. The Morgan fingerprint density at radius 3 is 2.67 bits per heavy atom. The lowest BCUT2D eigenvalue weighted by Gasteiger charge is -2.10. The third-order valence-corrected chi connectivity index (χ3v) is 5.26. The van der Waals surface area contributed by atoms with Crippen molar-refractivity contribution in [3.63, 3.8) is 0 Å². The minimum absolute atomic E-state index is 0.168. The number of carbonyl (C=O) groups is 1. The van der Waals surface area contributed by atoms with Crippen molar-refractivity contribution in [1.82, 2.24) is 5.32 Å². The molecule has 158 valence electrons. The number of hydrogen-bond donors (Lipinski definition) is 1. The molecule has 3 rings (SSSR count). The molecule has 0 fully saturated rings. The van der Waals surface area contributed by atoms with E-state index in [2.05, 4.69) is 5.32 Å². The van der Waals surface area contributed by atoms with Gasteiger partial charge in [-0.3, -0.25) is 4.79 Å². The lowest BCUT2D eigenvalue weighted by molar-refractivity contribution is -0.116. The van der Waals surface area contributed by atoms with Gasteiger partial charge in [0.2, 0.25) is 5.91 Å². The number of benzene rings is 2. The number of hydrogen-bond acceptors (Lipinski definition) is 4. The molecule has 0 atom stereocenters. The molecule has 0 aliphatic rings. The molecular weight excluding hydrogens is 425 g/mol. The maximum atomic E-state index is 12.3. The van der Waals surface area contributed by atoms with Crippen molar-refractivity contribution < 1.29 is 18.7 Å². The van der Waals surface area contributed by atoms with Gasteiger partial charge in [0.25, 0.3) is 0 Å². The molecule has 0 radical (unpaired) electrons. The quantitative estimate of drug-likeness (QED) is 0.341. The number of fused-ring (bicyclic) bond motifs is 1. The van der Waals surface area contributed by atoms with Crippen LogP contribution in [0.1, 0.15) is 18.9 Å². The molecule has 0 unspecified atom stereocenters. The SMILES string of the molecule is COCCCNC(=O)/C=C(\C)c1cc2c(-c3ccc(Cl)cc3Cl)coc2cc1OC. The number of rotatable bonds is 8. The summed E-state index contributed by atoms with van der Waals surface area (Å²) in [7, 11) is 3.22. The van der Waals surface area contributed by atoms with Crippen LogP contribution in [0.4, 0.5) is 0 Å². The monoisotopic (exact) mass is 447 g/mol. The zero-order valence-corrected chi connectivity index (χ0v) is 18.6. The molecule has 3 aromatic rings. The molecule has 0 aliphatic carbocycles. The van der Waals surface area contributed by atoms with Crippen LogP contribution in [0.25, 0.3) is 27.7 Å². The first-order chi connectivity index (χ1) is 14.4. The average molecular weight is 448 g/mol. The van der Waals surface area contributed by atoms with Crippen molar-refractivity contribution in [3.05, 3.63) is 58.3 Å². The smallest absolute Gasteiger partial charge is 0.244 e. The number of nitrogens with one attached hydrogen (secondary N) is 1. The molecule has 30 heavy (non-hydrogen) atoms. The van der Waals surface area contributed by atoms with Crippen LogP contribution in [0.15, 0.2) is 47.1 Å². The zero-order chi connectivity index (χ0) is 21.7. The van der Waals surface area contributed by atoms with Crippen molar-refractivity contribution in [1.29, 1.82) is 0 Å². The van der Waals surface area contributed by atoms with Crippen LogP contribution < -0.4 is 10.1 Å². The van der Waals surface area contributed by atoms with Crippen LogP contribution >= 0.6 is 23.2 Å². The van der Waals surface area contributed by atoms with E-state index in [1.807, 2.05) is 25.1 Å². The molecule has 0 spiro atoms. The van der Waals surface area contributed by atoms with Gasteiger partial charge in [-0.05, 0) is 37.1 Å². The first-order valence-corrected chi connectivity index (χ1v) is 10.2. The Hall–Kier alpha value is -2.47. The van der Waals surface area contributed by atoms with Crippen LogP contribution in [-0.4, -0.2) is 33.3 Å². The third-order valence-electron chi connectivity index (χ3n) is 4.71. The molecule has 2 aromatic carbocycles.